The first-order chi connectivity index (χ1) is 23.4. The minimum atomic E-state index is -0.487. The maximum atomic E-state index is 14.8. The summed E-state index contributed by atoms with van der Waals surface area (Å²) in [6.45, 7) is 19.6. The third kappa shape index (κ3) is 5.10. The fourth-order valence-corrected chi connectivity index (χ4v) is 12.9. The number of amides is 1. The zero-order chi connectivity index (χ0) is 36.1. The van der Waals surface area contributed by atoms with E-state index in [2.05, 4.69) is 70.9 Å². The highest BCUT2D eigenvalue weighted by Crippen LogP contribution is 2.76. The lowest BCUT2D eigenvalue weighted by atomic mass is 9.33. The predicted octanol–water partition coefficient (Wildman–Crippen LogP) is 9.45. The number of pyridine rings is 1. The molecule has 4 saturated carbocycles. The van der Waals surface area contributed by atoms with E-state index in [0.29, 0.717) is 18.3 Å². The van der Waals surface area contributed by atoms with E-state index in [1.165, 1.54) is 19.4 Å². The number of hydrogen-bond donors (Lipinski definition) is 1. The average molecular weight is 683 g/mol. The topological polar surface area (TPSA) is 94.6 Å². The van der Waals surface area contributed by atoms with Crippen LogP contribution in [0.15, 0.2) is 48.3 Å². The van der Waals surface area contributed by atoms with E-state index in [9.17, 15) is 14.4 Å². The third-order valence-electron chi connectivity index (χ3n) is 15.5. The molecule has 9 atom stereocenters. The molecule has 2 aromatic rings. The van der Waals surface area contributed by atoms with Gasteiger partial charge in [-0.1, -0.05) is 84.4 Å². The van der Waals surface area contributed by atoms with Crippen molar-refractivity contribution in [1.29, 1.82) is 0 Å². The van der Waals surface area contributed by atoms with E-state index < -0.39 is 17.6 Å². The van der Waals surface area contributed by atoms with Gasteiger partial charge >= 0.3 is 11.9 Å². The maximum Gasteiger partial charge on any atom is 0.303 e. The number of esters is 2. The smallest absolute Gasteiger partial charge is 0.303 e. The number of carbonyl (C=O) groups is 3. The first-order valence-electron chi connectivity index (χ1n) is 19.1. The molecule has 50 heavy (non-hydrogen) atoms. The number of aromatic nitrogens is 1. The fourth-order valence-electron chi connectivity index (χ4n) is 12.9. The Labute approximate surface area is 298 Å². The van der Waals surface area contributed by atoms with Crippen LogP contribution >= 0.6 is 0 Å². The molecular weight excluding hydrogens is 624 g/mol. The molecule has 5 aliphatic carbocycles. The van der Waals surface area contributed by atoms with E-state index in [1.807, 2.05) is 24.4 Å². The molecule has 7 heteroatoms. The Balaban J connectivity index is 1.27. The van der Waals surface area contributed by atoms with E-state index in [1.54, 1.807) is 6.20 Å². The number of rotatable bonds is 4. The van der Waals surface area contributed by atoms with Crippen LogP contribution in [0.1, 0.15) is 120 Å². The van der Waals surface area contributed by atoms with Crippen LogP contribution in [-0.4, -0.2) is 35.0 Å². The number of fused-ring (bicyclic) bond motifs is 8. The van der Waals surface area contributed by atoms with Gasteiger partial charge in [0.2, 0.25) is 5.91 Å². The van der Waals surface area contributed by atoms with Crippen LogP contribution in [0.5, 0.6) is 0 Å². The van der Waals surface area contributed by atoms with Crippen molar-refractivity contribution in [3.8, 4) is 0 Å². The molecule has 7 nitrogen and oxygen atoms in total. The van der Waals surface area contributed by atoms with Crippen molar-refractivity contribution in [3.63, 3.8) is 0 Å². The van der Waals surface area contributed by atoms with Gasteiger partial charge in [-0.2, -0.15) is 0 Å². The lowest BCUT2D eigenvalue weighted by molar-refractivity contribution is -0.243. The van der Waals surface area contributed by atoms with E-state index in [0.717, 1.165) is 67.8 Å². The van der Waals surface area contributed by atoms with Crippen molar-refractivity contribution >= 4 is 34.3 Å². The highest BCUT2D eigenvalue weighted by Gasteiger charge is 2.70. The lowest BCUT2D eigenvalue weighted by Crippen LogP contribution is -2.67. The second-order valence-corrected chi connectivity index (χ2v) is 18.9. The van der Waals surface area contributed by atoms with Crippen LogP contribution in [0.3, 0.4) is 0 Å². The van der Waals surface area contributed by atoms with Gasteiger partial charge in [0.05, 0.1) is 17.3 Å². The van der Waals surface area contributed by atoms with Crippen LogP contribution in [-0.2, 0) is 23.9 Å². The zero-order valence-corrected chi connectivity index (χ0v) is 31.8. The molecule has 270 valence electrons. The van der Waals surface area contributed by atoms with E-state index >= 15 is 0 Å². The van der Waals surface area contributed by atoms with Crippen LogP contribution in [0.25, 0.3) is 10.8 Å². The number of hydrogen-bond acceptors (Lipinski definition) is 6. The van der Waals surface area contributed by atoms with Crippen molar-refractivity contribution in [2.24, 2.45) is 50.2 Å². The second-order valence-electron chi connectivity index (χ2n) is 18.9. The van der Waals surface area contributed by atoms with Crippen LogP contribution in [0, 0.1) is 50.2 Å². The molecule has 1 N–H and O–H groups in total. The molecule has 1 amide bonds. The van der Waals surface area contributed by atoms with Gasteiger partial charge in [-0.05, 0) is 97.2 Å². The van der Waals surface area contributed by atoms with Gasteiger partial charge in [-0.15, -0.1) is 0 Å². The van der Waals surface area contributed by atoms with Gasteiger partial charge in [0, 0.05) is 36.2 Å². The second kappa shape index (κ2) is 11.6. The maximum absolute atomic E-state index is 14.8. The molecular formula is C43H58N2O5. The minimum absolute atomic E-state index is 0.00274. The summed E-state index contributed by atoms with van der Waals surface area (Å²) in [5.74, 6) is 0.321. The summed E-state index contributed by atoms with van der Waals surface area (Å²) in [5, 5.41) is 5.48. The van der Waals surface area contributed by atoms with Gasteiger partial charge < -0.3 is 14.8 Å². The molecule has 1 heterocycles. The molecule has 0 spiro atoms. The van der Waals surface area contributed by atoms with Gasteiger partial charge in [-0.25, -0.2) is 0 Å². The van der Waals surface area contributed by atoms with Crippen molar-refractivity contribution in [2.75, 3.05) is 5.32 Å². The standard InChI is InChI=1S/C43H58N2O5/c1-26(46)49-33-23-40(7)34(39(5,6)36(33)50-27(2)47)16-17-42(9)35(40)15-14-30-31-22-38(3,4)18-20-43(31,21-19-41(30,42)8)37(48)45-32-25-44-24-28-12-10-11-13-29(28)32/h10-14,24-25,31,33-36H,15-23H2,1-9H3,(H,45,48)/t31-,33-,34-,35+,36-,40-,41+,42+,43-/m0/s1. The first kappa shape index (κ1) is 35.2. The monoisotopic (exact) mass is 682 g/mol. The summed E-state index contributed by atoms with van der Waals surface area (Å²) in [6.07, 6.45) is 13.7. The summed E-state index contributed by atoms with van der Waals surface area (Å²) < 4.78 is 12.0. The van der Waals surface area contributed by atoms with Crippen molar-refractivity contribution in [3.05, 3.63) is 48.3 Å². The molecule has 1 aromatic carbocycles. The number of carbonyl (C=O) groups excluding carboxylic acids is 3. The summed E-state index contributed by atoms with van der Waals surface area (Å²) in [4.78, 5) is 44.1. The summed E-state index contributed by atoms with van der Waals surface area (Å²) >= 11 is 0. The summed E-state index contributed by atoms with van der Waals surface area (Å²) in [5.41, 5.74) is 1.42. The first-order valence-corrected chi connectivity index (χ1v) is 19.1. The number of nitrogens with one attached hydrogen (secondary N) is 1. The molecule has 0 radical (unpaired) electrons. The number of ether oxygens (including phenoxy) is 2. The summed E-state index contributed by atoms with van der Waals surface area (Å²) in [7, 11) is 0. The molecule has 7 rings (SSSR count). The molecule has 0 aliphatic heterocycles. The Morgan fingerprint density at radius 3 is 2.24 bits per heavy atom. The average Bonchev–Trinajstić information content (AvgIpc) is 3.02. The van der Waals surface area contributed by atoms with Gasteiger partial charge in [0.15, 0.2) is 0 Å². The Morgan fingerprint density at radius 2 is 1.52 bits per heavy atom. The van der Waals surface area contributed by atoms with Crippen LogP contribution < -0.4 is 5.32 Å². The third-order valence-corrected chi connectivity index (χ3v) is 15.5. The highest BCUT2D eigenvalue weighted by atomic mass is 16.6. The molecule has 0 unspecified atom stereocenters. The predicted molar refractivity (Wildman–Crippen MR) is 196 cm³/mol. The van der Waals surface area contributed by atoms with Gasteiger partial charge in [0.25, 0.3) is 0 Å². The Kier molecular flexibility index (Phi) is 8.20. The fraction of sp³-hybridized carbons (Fsp3) is 0.674. The summed E-state index contributed by atoms with van der Waals surface area (Å²) in [6, 6.07) is 8.14. The van der Waals surface area contributed by atoms with Crippen LogP contribution in [0.2, 0.25) is 0 Å². The number of nitrogens with zero attached hydrogens (tertiary/aromatic N) is 1. The van der Waals surface area contributed by atoms with E-state index in [-0.39, 0.29) is 50.8 Å². The SMILES string of the molecule is CC(=O)O[C@H]1C[C@]2(C)[C@H]3CC=C4[C@@H]5CC(C)(C)CC[C@]5(C(=O)Nc5cncc6ccccc56)CC[C@@]4(C)[C@]3(C)CC[C@H]2C(C)(C)[C@H]1OC(C)=O. The van der Waals surface area contributed by atoms with E-state index in [4.69, 9.17) is 9.47 Å². The largest absolute Gasteiger partial charge is 0.459 e. The number of anilines is 1. The Bertz CT molecular complexity index is 1760. The van der Waals surface area contributed by atoms with Crippen molar-refractivity contribution < 1.29 is 23.9 Å². The van der Waals surface area contributed by atoms with Gasteiger partial charge in [-0.3, -0.25) is 19.4 Å². The van der Waals surface area contributed by atoms with Crippen LogP contribution in [0.4, 0.5) is 5.69 Å². The Morgan fingerprint density at radius 1 is 0.820 bits per heavy atom. The van der Waals surface area contributed by atoms with Crippen molar-refractivity contribution in [1.82, 2.24) is 4.98 Å². The zero-order valence-electron chi connectivity index (χ0n) is 31.8. The number of allylic oxidation sites excluding steroid dienone is 2. The molecule has 0 saturated heterocycles. The molecule has 0 bridgehead atoms. The molecule has 1 aromatic heterocycles. The number of benzene rings is 1. The molecule has 5 aliphatic rings. The van der Waals surface area contributed by atoms with Gasteiger partial charge in [0.1, 0.15) is 12.2 Å². The highest BCUT2D eigenvalue weighted by molar-refractivity contribution is 6.04. The van der Waals surface area contributed by atoms with Crippen molar-refractivity contribution in [2.45, 2.75) is 132 Å². The minimum Gasteiger partial charge on any atom is -0.459 e. The Hall–Kier alpha value is -3.22. The normalized spacial score (nSPS) is 39.8. The quantitative estimate of drug-likeness (QED) is 0.255. The molecule has 4 fully saturated rings. The lowest BCUT2D eigenvalue weighted by Gasteiger charge is -2.71.